The van der Waals surface area contributed by atoms with E-state index < -0.39 is 44.0 Å². The van der Waals surface area contributed by atoms with Gasteiger partial charge in [-0.1, -0.05) is 0 Å². The average molecular weight is 641 g/mol. The first-order valence-corrected chi connectivity index (χ1v) is 23.7. The minimum absolute atomic E-state index is 1.10. The Morgan fingerprint density at radius 1 is 0.412 bits per heavy atom. The van der Waals surface area contributed by atoms with E-state index in [1.54, 1.807) is 13.1 Å². The summed E-state index contributed by atoms with van der Waals surface area (Å²) in [4.78, 5) is 2.72. The average Bonchev–Trinajstić information content (AvgIpc) is 2.89. The molecule has 0 unspecified atom stereocenters. The zero-order valence-corrected chi connectivity index (χ0v) is 27.6. The summed E-state index contributed by atoms with van der Waals surface area (Å²) in [6.45, 7) is 14.4. The maximum absolute atomic E-state index is 2.72. The van der Waals surface area contributed by atoms with Crippen LogP contribution < -0.4 is 18.0 Å². The fourth-order valence-corrected chi connectivity index (χ4v) is 17.0. The van der Waals surface area contributed by atoms with Crippen LogP contribution >= 0.6 is 0 Å². The molecular weight excluding hydrogens is 599 g/mol. The van der Waals surface area contributed by atoms with E-state index in [1.165, 1.54) is 48.3 Å². The normalized spacial score (nSPS) is 11.6. The summed E-state index contributed by atoms with van der Waals surface area (Å²) >= 11 is -3.30. The molecule has 182 valence electrons. The van der Waals surface area contributed by atoms with Gasteiger partial charge in [-0.3, -0.25) is 0 Å². The summed E-state index contributed by atoms with van der Waals surface area (Å²) in [5.41, 5.74) is 4.36. The molecule has 0 heterocycles. The molecule has 0 spiro atoms. The molecule has 1 nitrogen and oxygen atoms in total. The molecule has 0 N–H and O–H groups in total. The fraction of sp³-hybridized carbons (Fsp3) is 0.400. The van der Waals surface area contributed by atoms with Gasteiger partial charge in [0.2, 0.25) is 0 Å². The van der Waals surface area contributed by atoms with E-state index in [9.17, 15) is 0 Å². The third-order valence-corrected chi connectivity index (χ3v) is 23.0. The molecule has 0 radical (unpaired) electrons. The van der Waals surface area contributed by atoms with Crippen LogP contribution in [0.5, 0.6) is 0 Å². The number of para-hydroxylation sites is 3. The minimum atomic E-state index is -1.10. The van der Waals surface area contributed by atoms with Gasteiger partial charge < -0.3 is 0 Å². The Balaban J connectivity index is 2.37. The van der Waals surface area contributed by atoms with Crippen molar-refractivity contribution in [3.8, 4) is 0 Å². The second-order valence-corrected chi connectivity index (χ2v) is 26.1. The van der Waals surface area contributed by atoms with E-state index >= 15 is 0 Å². The van der Waals surface area contributed by atoms with Crippen molar-refractivity contribution in [1.82, 2.24) is 0 Å². The zero-order valence-electron chi connectivity index (χ0n) is 22.0. The molecule has 3 aromatic rings. The van der Waals surface area contributed by atoms with E-state index in [-0.39, 0.29) is 0 Å². The van der Waals surface area contributed by atoms with Crippen molar-refractivity contribution >= 4 is 74.1 Å². The Labute approximate surface area is 223 Å². The number of hydrogen-bond donors (Lipinski definition) is 0. The van der Waals surface area contributed by atoms with Gasteiger partial charge in [0, 0.05) is 0 Å². The number of rotatable bonds is 12. The van der Waals surface area contributed by atoms with Crippen LogP contribution in [0.1, 0.15) is 41.5 Å². The van der Waals surface area contributed by atoms with Gasteiger partial charge in [-0.15, -0.1) is 0 Å². The second-order valence-electron chi connectivity index (χ2n) is 8.32. The Morgan fingerprint density at radius 2 is 0.647 bits per heavy atom. The van der Waals surface area contributed by atoms with Crippen molar-refractivity contribution in [3.05, 3.63) is 72.8 Å². The number of benzene rings is 3. The van der Waals surface area contributed by atoms with Gasteiger partial charge in [0.1, 0.15) is 0 Å². The topological polar surface area (TPSA) is 3.24 Å². The third-order valence-electron chi connectivity index (χ3n) is 6.68. The second kappa shape index (κ2) is 14.0. The molecule has 0 saturated carbocycles. The first-order valence-electron chi connectivity index (χ1n) is 13.0. The summed E-state index contributed by atoms with van der Waals surface area (Å²) < 4.78 is 4.93. The number of nitrogens with zero attached hydrogens (tertiary/aromatic N) is 1. The van der Waals surface area contributed by atoms with Crippen molar-refractivity contribution in [2.45, 2.75) is 72.8 Å². The van der Waals surface area contributed by atoms with Crippen LogP contribution in [0.25, 0.3) is 0 Å². The SMILES string of the molecule is CC[As](CC)c1ccccc1N(c1ccccc1[As](CC)CC)c1ccccc1[As](CC)CC. The van der Waals surface area contributed by atoms with E-state index in [0.717, 1.165) is 0 Å². The molecule has 0 aliphatic carbocycles. The Kier molecular flexibility index (Phi) is 11.4. The molecule has 4 heteroatoms. The first kappa shape index (κ1) is 27.7. The van der Waals surface area contributed by atoms with Gasteiger partial charge in [-0.2, -0.15) is 0 Å². The third kappa shape index (κ3) is 6.09. The van der Waals surface area contributed by atoms with Crippen molar-refractivity contribution in [2.75, 3.05) is 4.90 Å². The van der Waals surface area contributed by atoms with E-state index in [4.69, 9.17) is 0 Å². The molecule has 0 saturated heterocycles. The van der Waals surface area contributed by atoms with E-state index in [1.807, 2.05) is 0 Å². The van der Waals surface area contributed by atoms with Crippen LogP contribution in [0, 0.1) is 0 Å². The summed E-state index contributed by atoms with van der Waals surface area (Å²) in [5.74, 6) is 0. The van der Waals surface area contributed by atoms with Crippen molar-refractivity contribution < 1.29 is 0 Å². The number of anilines is 3. The molecule has 0 aromatic heterocycles. The standard InChI is InChI=1S/C30H42As3N/c1-7-31(8-2)25-19-13-16-22-28(25)34(29-23-17-14-20-26(29)32(9-3)10-4)30-24-18-15-21-27(30)33(11-5)12-6/h13-24H,7-12H2,1-6H3. The summed E-state index contributed by atoms with van der Waals surface area (Å²) in [5, 5.41) is 7.92. The van der Waals surface area contributed by atoms with E-state index in [0.29, 0.717) is 0 Å². The molecule has 3 aromatic carbocycles. The fourth-order valence-electron chi connectivity index (χ4n) is 4.84. The Morgan fingerprint density at radius 3 is 0.882 bits per heavy atom. The summed E-state index contributed by atoms with van der Waals surface area (Å²) in [6, 6.07) is 28.2. The predicted octanol–water partition coefficient (Wildman–Crippen LogP) is 7.38. The van der Waals surface area contributed by atoms with Crippen molar-refractivity contribution in [2.24, 2.45) is 0 Å². The molecule has 0 aliphatic heterocycles. The van der Waals surface area contributed by atoms with Crippen LogP contribution in [0.4, 0.5) is 17.1 Å². The number of hydrogen-bond acceptors (Lipinski definition) is 1. The van der Waals surface area contributed by atoms with E-state index in [2.05, 4.69) is 119 Å². The van der Waals surface area contributed by atoms with Gasteiger partial charge in [0.05, 0.1) is 0 Å². The van der Waals surface area contributed by atoms with Gasteiger partial charge in [0.15, 0.2) is 0 Å². The molecule has 0 fully saturated rings. The first-order chi connectivity index (χ1) is 16.6. The monoisotopic (exact) mass is 641 g/mol. The molecule has 0 amide bonds. The van der Waals surface area contributed by atoms with Crippen LogP contribution in [-0.2, 0) is 0 Å². The van der Waals surface area contributed by atoms with Gasteiger partial charge >= 0.3 is 225 Å². The van der Waals surface area contributed by atoms with Crippen LogP contribution in [0.2, 0.25) is 31.3 Å². The molecule has 0 atom stereocenters. The van der Waals surface area contributed by atoms with Crippen LogP contribution in [-0.4, -0.2) is 44.0 Å². The zero-order chi connectivity index (χ0) is 24.5. The van der Waals surface area contributed by atoms with Crippen molar-refractivity contribution in [1.29, 1.82) is 0 Å². The quantitative estimate of drug-likeness (QED) is 0.187. The summed E-state index contributed by atoms with van der Waals surface area (Å²) in [6.07, 6.45) is 0. The summed E-state index contributed by atoms with van der Waals surface area (Å²) in [7, 11) is 0. The van der Waals surface area contributed by atoms with Gasteiger partial charge in [-0.25, -0.2) is 0 Å². The van der Waals surface area contributed by atoms with Crippen LogP contribution in [0.3, 0.4) is 0 Å². The predicted molar refractivity (Wildman–Crippen MR) is 160 cm³/mol. The Hall–Kier alpha value is -0.865. The van der Waals surface area contributed by atoms with Gasteiger partial charge in [-0.05, 0) is 0 Å². The molecular formula is C30H42As3N. The molecule has 0 bridgehead atoms. The van der Waals surface area contributed by atoms with Crippen molar-refractivity contribution in [3.63, 3.8) is 0 Å². The van der Waals surface area contributed by atoms with Crippen LogP contribution in [0.15, 0.2) is 72.8 Å². The Bertz CT molecular complexity index is 891. The van der Waals surface area contributed by atoms with Gasteiger partial charge in [0.25, 0.3) is 0 Å². The molecule has 3 rings (SSSR count). The molecule has 34 heavy (non-hydrogen) atoms. The maximum atomic E-state index is 2.72. The molecule has 0 aliphatic rings.